The Morgan fingerprint density at radius 2 is 1.51 bits per heavy atom. The van der Waals surface area contributed by atoms with Gasteiger partial charge in [-0.25, -0.2) is 4.98 Å². The molecule has 5 rings (SSSR count). The normalized spacial score (nSPS) is 16.1. The van der Waals surface area contributed by atoms with Gasteiger partial charge in [-0.1, -0.05) is 12.1 Å². The number of hydrogen-bond acceptors (Lipinski definition) is 7. The molecule has 2 fully saturated rings. The third-order valence-corrected chi connectivity index (χ3v) is 6.39. The lowest BCUT2D eigenvalue weighted by atomic mass is 10.1. The lowest BCUT2D eigenvalue weighted by Gasteiger charge is -2.29. The first-order chi connectivity index (χ1) is 17.1. The van der Waals surface area contributed by atoms with Crippen molar-refractivity contribution in [3.8, 4) is 11.3 Å². The smallest absolute Gasteiger partial charge is 0.229 e. The van der Waals surface area contributed by atoms with E-state index in [2.05, 4.69) is 44.7 Å². The Morgan fingerprint density at radius 1 is 0.829 bits per heavy atom. The van der Waals surface area contributed by atoms with Crippen molar-refractivity contribution in [1.29, 1.82) is 0 Å². The Kier molecular flexibility index (Phi) is 7.09. The number of nitrogens with zero attached hydrogens (tertiary/aromatic N) is 4. The van der Waals surface area contributed by atoms with Gasteiger partial charge >= 0.3 is 0 Å². The molecule has 3 heterocycles. The van der Waals surface area contributed by atoms with Gasteiger partial charge in [-0.15, -0.1) is 0 Å². The molecule has 0 spiro atoms. The van der Waals surface area contributed by atoms with Crippen molar-refractivity contribution in [2.75, 3.05) is 59.8 Å². The Hall–Kier alpha value is -3.65. The number of aromatic nitrogens is 2. The Labute approximate surface area is 206 Å². The van der Waals surface area contributed by atoms with Gasteiger partial charge in [0.15, 0.2) is 0 Å². The summed E-state index contributed by atoms with van der Waals surface area (Å²) in [6, 6.07) is 18.2. The molecular weight excluding hydrogens is 440 g/mol. The fourth-order valence-corrected chi connectivity index (χ4v) is 4.56. The summed E-state index contributed by atoms with van der Waals surface area (Å²) in [4.78, 5) is 25.7. The monoisotopic (exact) mass is 472 g/mol. The number of piperidine rings is 1. The van der Waals surface area contributed by atoms with E-state index >= 15 is 0 Å². The molecule has 8 nitrogen and oxygen atoms in total. The Morgan fingerprint density at radius 3 is 2.20 bits per heavy atom. The maximum Gasteiger partial charge on any atom is 0.229 e. The van der Waals surface area contributed by atoms with Crippen LogP contribution in [0, 0.1) is 0 Å². The fraction of sp³-hybridized carbons (Fsp3) is 0.370. The second kappa shape index (κ2) is 10.7. The summed E-state index contributed by atoms with van der Waals surface area (Å²) < 4.78 is 5.53. The Bertz CT molecular complexity index is 1140. The molecule has 2 aliphatic rings. The van der Waals surface area contributed by atoms with E-state index in [0.29, 0.717) is 19.2 Å². The van der Waals surface area contributed by atoms with Crippen molar-refractivity contribution in [1.82, 2.24) is 9.97 Å². The minimum absolute atomic E-state index is 0.0906. The quantitative estimate of drug-likeness (QED) is 0.539. The summed E-state index contributed by atoms with van der Waals surface area (Å²) >= 11 is 0. The van der Waals surface area contributed by atoms with Gasteiger partial charge in [0, 0.05) is 61.8 Å². The first-order valence-corrected chi connectivity index (χ1v) is 12.4. The van der Waals surface area contributed by atoms with Crippen LogP contribution in [0.3, 0.4) is 0 Å². The predicted octanol–water partition coefficient (Wildman–Crippen LogP) is 4.67. The molecule has 1 aromatic heterocycles. The van der Waals surface area contributed by atoms with E-state index in [1.165, 1.54) is 31.9 Å². The molecule has 2 N–H and O–H groups in total. The van der Waals surface area contributed by atoms with Crippen LogP contribution in [-0.4, -0.2) is 55.3 Å². The minimum Gasteiger partial charge on any atom is -0.378 e. The predicted molar refractivity (Wildman–Crippen MR) is 141 cm³/mol. The lowest BCUT2D eigenvalue weighted by Crippen LogP contribution is -2.36. The van der Waals surface area contributed by atoms with E-state index in [1.807, 2.05) is 30.3 Å². The van der Waals surface area contributed by atoms with E-state index in [1.54, 1.807) is 0 Å². The highest BCUT2D eigenvalue weighted by atomic mass is 16.5. The van der Waals surface area contributed by atoms with E-state index in [9.17, 15) is 4.79 Å². The molecule has 35 heavy (non-hydrogen) atoms. The number of amides is 1. The molecule has 182 valence electrons. The molecule has 8 heteroatoms. The fourth-order valence-electron chi connectivity index (χ4n) is 4.56. The number of anilines is 5. The van der Waals surface area contributed by atoms with Crippen molar-refractivity contribution in [2.45, 2.75) is 26.2 Å². The molecule has 0 atom stereocenters. The third kappa shape index (κ3) is 5.89. The number of benzene rings is 2. The highest BCUT2D eigenvalue weighted by Crippen LogP contribution is 2.28. The largest absolute Gasteiger partial charge is 0.378 e. The summed E-state index contributed by atoms with van der Waals surface area (Å²) in [6.45, 7) is 6.72. The van der Waals surface area contributed by atoms with Gasteiger partial charge in [0.25, 0.3) is 0 Å². The molecule has 3 aromatic rings. The zero-order valence-corrected chi connectivity index (χ0v) is 20.2. The zero-order chi connectivity index (χ0) is 24.0. The molecule has 0 bridgehead atoms. The number of carbonyl (C=O) groups excluding carboxylic acids is 1. The molecule has 0 radical (unpaired) electrons. The minimum atomic E-state index is -0.0906. The molecular formula is C27H32N6O2. The average molecular weight is 473 g/mol. The summed E-state index contributed by atoms with van der Waals surface area (Å²) in [6.07, 6.45) is 3.85. The highest BCUT2D eigenvalue weighted by Gasteiger charge is 2.16. The van der Waals surface area contributed by atoms with Gasteiger partial charge < -0.3 is 25.2 Å². The molecule has 2 aromatic carbocycles. The second-order valence-electron chi connectivity index (χ2n) is 9.01. The van der Waals surface area contributed by atoms with Gasteiger partial charge in [-0.05, 0) is 55.7 Å². The SMILES string of the molecule is CC(=O)Nc1ccc(-c2cc(N3CCOCC3)nc(Nc3ccc(N4CCCCC4)cc3)n2)cc1. The maximum atomic E-state index is 11.4. The van der Waals surface area contributed by atoms with Crippen molar-refractivity contribution in [2.24, 2.45) is 0 Å². The van der Waals surface area contributed by atoms with Crippen LogP contribution in [-0.2, 0) is 9.53 Å². The molecule has 0 aliphatic carbocycles. The molecule has 1 amide bonds. The van der Waals surface area contributed by atoms with Crippen LogP contribution in [0.5, 0.6) is 0 Å². The summed E-state index contributed by atoms with van der Waals surface area (Å²) in [5, 5.41) is 6.21. The van der Waals surface area contributed by atoms with E-state index < -0.39 is 0 Å². The van der Waals surface area contributed by atoms with Gasteiger partial charge in [0.2, 0.25) is 11.9 Å². The van der Waals surface area contributed by atoms with Crippen LogP contribution in [0.15, 0.2) is 54.6 Å². The molecule has 0 unspecified atom stereocenters. The number of rotatable bonds is 6. The molecule has 2 saturated heterocycles. The van der Waals surface area contributed by atoms with Crippen molar-refractivity contribution >= 4 is 34.7 Å². The van der Waals surface area contributed by atoms with Crippen LogP contribution in [0.2, 0.25) is 0 Å². The first kappa shape index (κ1) is 23.1. The topological polar surface area (TPSA) is 82.6 Å². The molecule has 2 aliphatic heterocycles. The summed E-state index contributed by atoms with van der Waals surface area (Å²) in [5.74, 6) is 1.34. The van der Waals surface area contributed by atoms with Crippen LogP contribution in [0.4, 0.5) is 28.8 Å². The molecule has 0 saturated carbocycles. The van der Waals surface area contributed by atoms with Gasteiger partial charge in [-0.3, -0.25) is 4.79 Å². The Balaban J connectivity index is 1.40. The van der Waals surface area contributed by atoms with E-state index in [0.717, 1.165) is 54.6 Å². The number of morpholine rings is 1. The summed E-state index contributed by atoms with van der Waals surface area (Å²) in [7, 11) is 0. The van der Waals surface area contributed by atoms with Gasteiger partial charge in [0.05, 0.1) is 18.9 Å². The van der Waals surface area contributed by atoms with Crippen LogP contribution in [0.1, 0.15) is 26.2 Å². The van der Waals surface area contributed by atoms with Crippen LogP contribution in [0.25, 0.3) is 11.3 Å². The number of carbonyl (C=O) groups is 1. The number of ether oxygens (including phenoxy) is 1. The van der Waals surface area contributed by atoms with E-state index in [4.69, 9.17) is 14.7 Å². The van der Waals surface area contributed by atoms with Crippen molar-refractivity contribution < 1.29 is 9.53 Å². The standard InChI is InChI=1S/C27H32N6O2/c1-20(34)28-22-7-5-21(6-8-22)25-19-26(33-15-17-35-18-16-33)31-27(30-25)29-23-9-11-24(12-10-23)32-13-3-2-4-14-32/h5-12,19H,2-4,13-18H2,1H3,(H,28,34)(H,29,30,31). The van der Waals surface area contributed by atoms with Crippen LogP contribution < -0.4 is 20.4 Å². The van der Waals surface area contributed by atoms with Gasteiger partial charge in [-0.2, -0.15) is 4.98 Å². The number of hydrogen-bond donors (Lipinski definition) is 2. The zero-order valence-electron chi connectivity index (χ0n) is 20.2. The van der Waals surface area contributed by atoms with Gasteiger partial charge in [0.1, 0.15) is 5.82 Å². The van der Waals surface area contributed by atoms with Crippen molar-refractivity contribution in [3.05, 3.63) is 54.6 Å². The first-order valence-electron chi connectivity index (χ1n) is 12.4. The van der Waals surface area contributed by atoms with Crippen molar-refractivity contribution in [3.63, 3.8) is 0 Å². The maximum absolute atomic E-state index is 11.4. The number of nitrogens with one attached hydrogen (secondary N) is 2. The lowest BCUT2D eigenvalue weighted by molar-refractivity contribution is -0.114. The van der Waals surface area contributed by atoms with E-state index in [-0.39, 0.29) is 5.91 Å². The second-order valence-corrected chi connectivity index (χ2v) is 9.01. The third-order valence-electron chi connectivity index (χ3n) is 6.39. The average Bonchev–Trinajstić information content (AvgIpc) is 2.90. The summed E-state index contributed by atoms with van der Waals surface area (Å²) in [5.41, 5.74) is 4.76. The highest BCUT2D eigenvalue weighted by molar-refractivity contribution is 5.89. The van der Waals surface area contributed by atoms with Crippen LogP contribution >= 0.6 is 0 Å².